The molecule has 4 heterocycles. The Balaban J connectivity index is 1.69. The van der Waals surface area contributed by atoms with Crippen molar-refractivity contribution in [1.82, 2.24) is 19.4 Å². The number of fused-ring (bicyclic) bond motifs is 1. The standard InChI is InChI=1S/C19H22Cl2N6OS/c1-12-6-13(25-29(2,3)28)10-26(9-12)17-4-5-22-19(24-17)16-8-23-18-7-14(20)15(21)11-27(16)18/h4-5,7-8,11-13H,6,9-10H2,1-3H3/t12-,13+/m1/s1. The minimum Gasteiger partial charge on any atom is -0.354 e. The van der Waals surface area contributed by atoms with Crippen LogP contribution in [-0.4, -0.2) is 55.2 Å². The molecule has 0 bridgehead atoms. The number of imidazole rings is 1. The topological polar surface area (TPSA) is 75.8 Å². The van der Waals surface area contributed by atoms with Crippen LogP contribution in [0.3, 0.4) is 0 Å². The van der Waals surface area contributed by atoms with E-state index in [0.29, 0.717) is 34.0 Å². The maximum Gasteiger partial charge on any atom is 0.180 e. The van der Waals surface area contributed by atoms with Crippen LogP contribution in [0.2, 0.25) is 10.0 Å². The lowest BCUT2D eigenvalue weighted by Gasteiger charge is -2.35. The van der Waals surface area contributed by atoms with Crippen molar-refractivity contribution >= 4 is 44.4 Å². The first-order valence-electron chi connectivity index (χ1n) is 9.26. The average molecular weight is 453 g/mol. The summed E-state index contributed by atoms with van der Waals surface area (Å²) in [6.45, 7) is 3.74. The third-order valence-electron chi connectivity index (χ3n) is 4.79. The van der Waals surface area contributed by atoms with Gasteiger partial charge in [0.15, 0.2) is 5.82 Å². The van der Waals surface area contributed by atoms with E-state index in [4.69, 9.17) is 28.2 Å². The van der Waals surface area contributed by atoms with Crippen LogP contribution in [0.15, 0.2) is 35.1 Å². The molecule has 10 heteroatoms. The van der Waals surface area contributed by atoms with Crippen LogP contribution in [0.25, 0.3) is 17.2 Å². The van der Waals surface area contributed by atoms with E-state index in [1.807, 2.05) is 10.5 Å². The zero-order valence-corrected chi connectivity index (χ0v) is 18.7. The van der Waals surface area contributed by atoms with Gasteiger partial charge in [-0.2, -0.15) is 0 Å². The maximum absolute atomic E-state index is 12.1. The van der Waals surface area contributed by atoms with Gasteiger partial charge in [0.25, 0.3) is 0 Å². The van der Waals surface area contributed by atoms with Crippen molar-refractivity contribution in [2.24, 2.45) is 10.3 Å². The van der Waals surface area contributed by atoms with Crippen LogP contribution >= 0.6 is 23.2 Å². The molecule has 1 saturated heterocycles. The lowest BCUT2D eigenvalue weighted by molar-refractivity contribution is 0.402. The number of rotatable bonds is 3. The van der Waals surface area contributed by atoms with Crippen molar-refractivity contribution in [2.45, 2.75) is 19.4 Å². The molecular weight excluding hydrogens is 431 g/mol. The molecule has 0 aliphatic carbocycles. The van der Waals surface area contributed by atoms with E-state index in [1.165, 1.54) is 0 Å². The van der Waals surface area contributed by atoms with Crippen molar-refractivity contribution in [3.8, 4) is 11.5 Å². The van der Waals surface area contributed by atoms with E-state index in [2.05, 4.69) is 26.2 Å². The fourth-order valence-electron chi connectivity index (χ4n) is 3.73. The summed E-state index contributed by atoms with van der Waals surface area (Å²) in [5.41, 5.74) is 1.41. The largest absolute Gasteiger partial charge is 0.354 e. The van der Waals surface area contributed by atoms with Gasteiger partial charge in [-0.15, -0.1) is 0 Å². The molecule has 4 rings (SSSR count). The third-order valence-corrected chi connectivity index (χ3v) is 6.30. The summed E-state index contributed by atoms with van der Waals surface area (Å²) in [5, 5.41) is 0.887. The molecule has 1 fully saturated rings. The number of anilines is 1. The Kier molecular flexibility index (Phi) is 5.44. The number of hydrogen-bond donors (Lipinski definition) is 0. The number of pyridine rings is 1. The second-order valence-corrected chi connectivity index (χ2v) is 11.2. The Morgan fingerprint density at radius 2 is 2.00 bits per heavy atom. The van der Waals surface area contributed by atoms with Crippen molar-refractivity contribution in [1.29, 1.82) is 0 Å². The number of halogens is 2. The third kappa shape index (κ3) is 4.49. The molecule has 1 aliphatic heterocycles. The van der Waals surface area contributed by atoms with Crippen LogP contribution in [-0.2, 0) is 9.73 Å². The normalized spacial score (nSPS) is 20.2. The second-order valence-electron chi connectivity index (χ2n) is 7.77. The molecule has 0 unspecified atom stereocenters. The molecule has 154 valence electrons. The first kappa shape index (κ1) is 20.4. The molecule has 3 aromatic rings. The highest BCUT2D eigenvalue weighted by Gasteiger charge is 2.26. The van der Waals surface area contributed by atoms with Crippen molar-refractivity contribution in [3.05, 3.63) is 40.8 Å². The van der Waals surface area contributed by atoms with Crippen molar-refractivity contribution in [3.63, 3.8) is 0 Å². The van der Waals surface area contributed by atoms with E-state index in [-0.39, 0.29) is 6.04 Å². The lowest BCUT2D eigenvalue weighted by atomic mass is 9.97. The molecule has 3 aromatic heterocycles. The van der Waals surface area contributed by atoms with Crippen LogP contribution in [0.1, 0.15) is 13.3 Å². The zero-order valence-electron chi connectivity index (χ0n) is 16.4. The average Bonchev–Trinajstić information content (AvgIpc) is 3.03. The van der Waals surface area contributed by atoms with Gasteiger partial charge >= 0.3 is 0 Å². The minimum absolute atomic E-state index is 0.0245. The highest BCUT2D eigenvalue weighted by atomic mass is 35.5. The molecule has 0 N–H and O–H groups in total. The summed E-state index contributed by atoms with van der Waals surface area (Å²) < 4.78 is 18.5. The van der Waals surface area contributed by atoms with Gasteiger partial charge in [-0.25, -0.2) is 19.3 Å². The predicted octanol–water partition coefficient (Wildman–Crippen LogP) is 4.04. The Hall–Kier alpha value is -1.90. The fourth-order valence-corrected chi connectivity index (χ4v) is 4.90. The van der Waals surface area contributed by atoms with E-state index in [1.54, 1.807) is 37.2 Å². The van der Waals surface area contributed by atoms with Gasteiger partial charge in [-0.1, -0.05) is 30.1 Å². The molecule has 2 atom stereocenters. The fraction of sp³-hybridized carbons (Fsp3) is 0.421. The van der Waals surface area contributed by atoms with Crippen LogP contribution in [0, 0.1) is 5.92 Å². The van der Waals surface area contributed by atoms with Gasteiger partial charge in [-0.3, -0.25) is 8.61 Å². The summed E-state index contributed by atoms with van der Waals surface area (Å²) in [6.07, 6.45) is 9.46. The summed E-state index contributed by atoms with van der Waals surface area (Å²) in [7, 11) is -2.15. The van der Waals surface area contributed by atoms with Gasteiger partial charge < -0.3 is 4.90 Å². The smallest absolute Gasteiger partial charge is 0.180 e. The van der Waals surface area contributed by atoms with Crippen LogP contribution in [0.5, 0.6) is 0 Å². The van der Waals surface area contributed by atoms with Gasteiger partial charge in [0, 0.05) is 53.8 Å². The minimum atomic E-state index is -2.15. The number of hydrogen-bond acceptors (Lipinski definition) is 6. The van der Waals surface area contributed by atoms with Gasteiger partial charge in [0.05, 0.1) is 22.3 Å². The molecule has 0 amide bonds. The quantitative estimate of drug-likeness (QED) is 0.599. The van der Waals surface area contributed by atoms with E-state index in [9.17, 15) is 4.21 Å². The summed E-state index contributed by atoms with van der Waals surface area (Å²) >= 11 is 12.3. The van der Waals surface area contributed by atoms with Crippen LogP contribution < -0.4 is 4.90 Å². The van der Waals surface area contributed by atoms with Gasteiger partial charge in [-0.05, 0) is 18.4 Å². The molecule has 29 heavy (non-hydrogen) atoms. The summed E-state index contributed by atoms with van der Waals surface area (Å²) in [5.74, 6) is 1.79. The second kappa shape index (κ2) is 7.74. The van der Waals surface area contributed by atoms with Gasteiger partial charge in [0.2, 0.25) is 0 Å². The molecule has 0 aromatic carbocycles. The number of piperidine rings is 1. The molecule has 0 radical (unpaired) electrons. The van der Waals surface area contributed by atoms with Crippen LogP contribution in [0.4, 0.5) is 5.82 Å². The SMILES string of the molecule is C[C@@H]1C[C@H](N=S(C)(C)=O)CN(c2ccnc(-c3cnc4cc(Cl)c(Cl)cn34)n2)C1. The Morgan fingerprint density at radius 1 is 1.21 bits per heavy atom. The van der Waals surface area contributed by atoms with E-state index >= 15 is 0 Å². The molecule has 7 nitrogen and oxygen atoms in total. The Morgan fingerprint density at radius 3 is 2.76 bits per heavy atom. The molecule has 1 aliphatic rings. The lowest BCUT2D eigenvalue weighted by Crippen LogP contribution is -2.42. The molecular formula is C19H22Cl2N6OS. The molecule has 0 spiro atoms. The highest BCUT2D eigenvalue weighted by molar-refractivity contribution is 7.92. The Bertz CT molecular complexity index is 1180. The highest BCUT2D eigenvalue weighted by Crippen LogP contribution is 2.28. The van der Waals surface area contributed by atoms with E-state index in [0.717, 1.165) is 24.5 Å². The Labute approximate surface area is 180 Å². The summed E-state index contributed by atoms with van der Waals surface area (Å²) in [6, 6.07) is 3.63. The first-order valence-corrected chi connectivity index (χ1v) is 12.3. The number of aromatic nitrogens is 4. The first-order chi connectivity index (χ1) is 13.7. The van der Waals surface area contributed by atoms with Crippen molar-refractivity contribution in [2.75, 3.05) is 30.5 Å². The van der Waals surface area contributed by atoms with Gasteiger partial charge in [0.1, 0.15) is 17.2 Å². The maximum atomic E-state index is 12.1. The predicted molar refractivity (Wildman–Crippen MR) is 118 cm³/mol. The summed E-state index contributed by atoms with van der Waals surface area (Å²) in [4.78, 5) is 15.8. The zero-order chi connectivity index (χ0) is 20.8. The van der Waals surface area contributed by atoms with E-state index < -0.39 is 9.73 Å². The number of nitrogens with zero attached hydrogens (tertiary/aromatic N) is 6. The van der Waals surface area contributed by atoms with Crippen molar-refractivity contribution < 1.29 is 4.21 Å². The monoisotopic (exact) mass is 452 g/mol. The molecule has 0 saturated carbocycles.